The van der Waals surface area contributed by atoms with Gasteiger partial charge in [0.1, 0.15) is 5.75 Å². The molecular formula is C22H23NO4. The Labute approximate surface area is 159 Å². The van der Waals surface area contributed by atoms with Gasteiger partial charge in [-0.1, -0.05) is 25.1 Å². The van der Waals surface area contributed by atoms with E-state index in [4.69, 9.17) is 19.5 Å². The largest absolute Gasteiger partial charge is 0.494 e. The van der Waals surface area contributed by atoms with E-state index >= 15 is 0 Å². The van der Waals surface area contributed by atoms with Gasteiger partial charge in [0.05, 0.1) is 19.8 Å². The lowest BCUT2D eigenvalue weighted by Gasteiger charge is -2.10. The van der Waals surface area contributed by atoms with Crippen molar-refractivity contribution in [3.05, 3.63) is 59.7 Å². The fraction of sp³-hybridized carbons (Fsp3) is 0.273. The minimum absolute atomic E-state index is 0.242. The summed E-state index contributed by atoms with van der Waals surface area (Å²) in [7, 11) is 1.50. The Morgan fingerprint density at radius 3 is 2.59 bits per heavy atom. The van der Waals surface area contributed by atoms with E-state index in [1.54, 1.807) is 24.3 Å². The van der Waals surface area contributed by atoms with E-state index in [-0.39, 0.29) is 12.4 Å². The molecule has 5 nitrogen and oxygen atoms in total. The Morgan fingerprint density at radius 2 is 1.93 bits per heavy atom. The highest BCUT2D eigenvalue weighted by atomic mass is 16.6. The summed E-state index contributed by atoms with van der Waals surface area (Å²) >= 11 is 0. The molecule has 2 aromatic rings. The van der Waals surface area contributed by atoms with E-state index in [0.29, 0.717) is 24.5 Å². The Hall–Kier alpha value is -3.26. The molecule has 0 bridgehead atoms. The van der Waals surface area contributed by atoms with Crippen molar-refractivity contribution in [1.82, 2.24) is 0 Å². The predicted molar refractivity (Wildman–Crippen MR) is 104 cm³/mol. The summed E-state index contributed by atoms with van der Waals surface area (Å²) in [6.45, 7) is 2.54. The predicted octanol–water partition coefficient (Wildman–Crippen LogP) is 4.56. The first kappa shape index (κ1) is 20.1. The summed E-state index contributed by atoms with van der Waals surface area (Å²) in [4.78, 5) is 12.0. The van der Waals surface area contributed by atoms with Crippen LogP contribution in [-0.2, 0) is 11.2 Å². The van der Waals surface area contributed by atoms with Crippen LogP contribution in [-0.4, -0.2) is 19.7 Å². The standard InChI is InChI=1S/C22H23NO4/c1-3-17-8-11-19(12-9-17)26-15-5-7-22(24)27-20-13-10-18(6-4-14-23)16-21(20)25-2/h4,6,8-13,16H,3,5,7,15H2,1-2H3/b6-4-. The number of allylic oxidation sites excluding steroid dienone is 1. The molecule has 0 radical (unpaired) electrons. The molecule has 140 valence electrons. The van der Waals surface area contributed by atoms with Gasteiger partial charge in [-0.25, -0.2) is 0 Å². The van der Waals surface area contributed by atoms with Crippen molar-refractivity contribution in [1.29, 1.82) is 5.26 Å². The zero-order chi connectivity index (χ0) is 19.5. The van der Waals surface area contributed by atoms with Gasteiger partial charge < -0.3 is 14.2 Å². The molecule has 0 fully saturated rings. The first-order valence-corrected chi connectivity index (χ1v) is 8.83. The molecule has 0 amide bonds. The van der Waals surface area contributed by atoms with Crippen molar-refractivity contribution in [3.8, 4) is 23.3 Å². The van der Waals surface area contributed by atoms with Gasteiger partial charge in [-0.2, -0.15) is 5.26 Å². The lowest BCUT2D eigenvalue weighted by molar-refractivity contribution is -0.134. The first-order valence-electron chi connectivity index (χ1n) is 8.83. The number of hydrogen-bond acceptors (Lipinski definition) is 5. The van der Waals surface area contributed by atoms with Crippen LogP contribution in [0.25, 0.3) is 6.08 Å². The molecule has 27 heavy (non-hydrogen) atoms. The average Bonchev–Trinajstić information content (AvgIpc) is 2.70. The second-order valence-corrected chi connectivity index (χ2v) is 5.80. The zero-order valence-electron chi connectivity index (χ0n) is 15.6. The number of carbonyl (C=O) groups is 1. The number of nitrogens with zero attached hydrogens (tertiary/aromatic N) is 1. The van der Waals surface area contributed by atoms with E-state index in [2.05, 4.69) is 6.92 Å². The maximum Gasteiger partial charge on any atom is 0.311 e. The van der Waals surface area contributed by atoms with E-state index in [1.165, 1.54) is 18.7 Å². The number of hydrogen-bond donors (Lipinski definition) is 0. The van der Waals surface area contributed by atoms with Crippen molar-refractivity contribution in [2.24, 2.45) is 0 Å². The molecule has 0 N–H and O–H groups in total. The number of esters is 1. The zero-order valence-corrected chi connectivity index (χ0v) is 15.6. The Balaban J connectivity index is 1.81. The summed E-state index contributed by atoms with van der Waals surface area (Å²) in [6, 6.07) is 15.0. The average molecular weight is 365 g/mol. The molecule has 0 aromatic heterocycles. The van der Waals surface area contributed by atoms with Gasteiger partial charge in [0, 0.05) is 12.5 Å². The number of methoxy groups -OCH3 is 1. The summed E-state index contributed by atoms with van der Waals surface area (Å²) in [5.41, 5.74) is 2.05. The topological polar surface area (TPSA) is 68.5 Å². The summed E-state index contributed by atoms with van der Waals surface area (Å²) in [5.74, 6) is 1.24. The number of carbonyl (C=O) groups excluding carboxylic acids is 1. The fourth-order valence-electron chi connectivity index (χ4n) is 2.41. The van der Waals surface area contributed by atoms with Crippen LogP contribution in [0.2, 0.25) is 0 Å². The van der Waals surface area contributed by atoms with E-state index in [1.807, 2.05) is 30.3 Å². The van der Waals surface area contributed by atoms with Gasteiger partial charge in [-0.05, 0) is 54.3 Å². The molecule has 0 unspecified atom stereocenters. The smallest absolute Gasteiger partial charge is 0.311 e. The molecule has 0 saturated heterocycles. The van der Waals surface area contributed by atoms with E-state index in [0.717, 1.165) is 17.7 Å². The molecule has 0 saturated carbocycles. The molecule has 5 heteroatoms. The first-order chi connectivity index (χ1) is 13.2. The number of nitriles is 1. The highest BCUT2D eigenvalue weighted by molar-refractivity contribution is 5.73. The number of benzene rings is 2. The molecule has 0 atom stereocenters. The van der Waals surface area contributed by atoms with Crippen LogP contribution in [0.15, 0.2) is 48.5 Å². The molecule has 2 aromatic carbocycles. The maximum atomic E-state index is 12.0. The summed E-state index contributed by atoms with van der Waals surface area (Å²) in [6.07, 6.45) is 4.81. The minimum atomic E-state index is -0.349. The monoisotopic (exact) mass is 365 g/mol. The van der Waals surface area contributed by atoms with Crippen LogP contribution in [0, 0.1) is 11.3 Å². The van der Waals surface area contributed by atoms with E-state index in [9.17, 15) is 4.79 Å². The third-order valence-corrected chi connectivity index (χ3v) is 3.89. The molecular weight excluding hydrogens is 342 g/mol. The van der Waals surface area contributed by atoms with Gasteiger partial charge in [0.25, 0.3) is 0 Å². The maximum absolute atomic E-state index is 12.0. The van der Waals surface area contributed by atoms with Crippen molar-refractivity contribution >= 4 is 12.0 Å². The van der Waals surface area contributed by atoms with Gasteiger partial charge in [0.2, 0.25) is 0 Å². The minimum Gasteiger partial charge on any atom is -0.494 e. The quantitative estimate of drug-likeness (QED) is 0.282. The van der Waals surface area contributed by atoms with Crippen LogP contribution >= 0.6 is 0 Å². The summed E-state index contributed by atoms with van der Waals surface area (Å²) < 4.78 is 16.3. The fourth-order valence-corrected chi connectivity index (χ4v) is 2.41. The van der Waals surface area contributed by atoms with Gasteiger partial charge in [-0.15, -0.1) is 0 Å². The van der Waals surface area contributed by atoms with Crippen LogP contribution in [0.1, 0.15) is 30.9 Å². The molecule has 0 aliphatic carbocycles. The van der Waals surface area contributed by atoms with Crippen molar-refractivity contribution < 1.29 is 19.0 Å². The second kappa shape index (κ2) is 10.7. The normalized spacial score (nSPS) is 10.4. The lowest BCUT2D eigenvalue weighted by atomic mass is 10.2. The van der Waals surface area contributed by atoms with Crippen molar-refractivity contribution in [2.75, 3.05) is 13.7 Å². The highest BCUT2D eigenvalue weighted by Crippen LogP contribution is 2.29. The van der Waals surface area contributed by atoms with Crippen molar-refractivity contribution in [2.45, 2.75) is 26.2 Å². The van der Waals surface area contributed by atoms with E-state index < -0.39 is 0 Å². The van der Waals surface area contributed by atoms with Gasteiger partial charge in [-0.3, -0.25) is 4.79 Å². The van der Waals surface area contributed by atoms with Crippen LogP contribution in [0.3, 0.4) is 0 Å². The second-order valence-electron chi connectivity index (χ2n) is 5.80. The van der Waals surface area contributed by atoms with Crippen LogP contribution < -0.4 is 14.2 Å². The molecule has 0 spiro atoms. The third-order valence-electron chi connectivity index (χ3n) is 3.89. The molecule has 0 aliphatic rings. The highest BCUT2D eigenvalue weighted by Gasteiger charge is 2.10. The third kappa shape index (κ3) is 6.52. The number of rotatable bonds is 9. The lowest BCUT2D eigenvalue weighted by Crippen LogP contribution is -2.10. The number of aryl methyl sites for hydroxylation is 1. The Bertz CT molecular complexity index is 819. The van der Waals surface area contributed by atoms with Crippen LogP contribution in [0.4, 0.5) is 0 Å². The Kier molecular flexibility index (Phi) is 7.92. The molecule has 0 aliphatic heterocycles. The number of ether oxygens (including phenoxy) is 3. The molecule has 2 rings (SSSR count). The molecule has 0 heterocycles. The van der Waals surface area contributed by atoms with Crippen molar-refractivity contribution in [3.63, 3.8) is 0 Å². The van der Waals surface area contributed by atoms with Crippen LogP contribution in [0.5, 0.6) is 17.2 Å². The summed E-state index contributed by atoms with van der Waals surface area (Å²) in [5, 5.41) is 8.58. The van der Waals surface area contributed by atoms with Gasteiger partial charge >= 0.3 is 5.97 Å². The van der Waals surface area contributed by atoms with Gasteiger partial charge in [0.15, 0.2) is 11.5 Å². The Morgan fingerprint density at radius 1 is 1.15 bits per heavy atom. The SMILES string of the molecule is CCc1ccc(OCCCC(=O)Oc2ccc(/C=C\C#N)cc2OC)cc1.